The fourth-order valence-electron chi connectivity index (χ4n) is 4.85. The summed E-state index contributed by atoms with van der Waals surface area (Å²) in [6.45, 7) is 4.16. The summed E-state index contributed by atoms with van der Waals surface area (Å²) < 4.78 is 21.6. The molecule has 0 bridgehead atoms. The second-order valence-electron chi connectivity index (χ2n) is 9.37. The average molecular weight is 505 g/mol. The van der Waals surface area contributed by atoms with Gasteiger partial charge in [0.15, 0.2) is 0 Å². The number of anilines is 1. The van der Waals surface area contributed by atoms with Gasteiger partial charge in [-0.2, -0.15) is 0 Å². The van der Waals surface area contributed by atoms with Crippen LogP contribution in [0.5, 0.6) is 5.75 Å². The molecule has 5 heteroatoms. The van der Waals surface area contributed by atoms with Crippen molar-refractivity contribution >= 4 is 11.6 Å². The van der Waals surface area contributed by atoms with E-state index in [2.05, 4.69) is 23.7 Å². The fraction of sp³-hybridized carbons (Fsp3) is 0.121. The van der Waals surface area contributed by atoms with Crippen LogP contribution in [0.4, 0.5) is 10.1 Å². The predicted molar refractivity (Wildman–Crippen MR) is 152 cm³/mol. The van der Waals surface area contributed by atoms with E-state index in [9.17, 15) is 9.18 Å². The summed E-state index contributed by atoms with van der Waals surface area (Å²) in [5.74, 6) is 0.212. The van der Waals surface area contributed by atoms with Crippen molar-refractivity contribution in [1.29, 1.82) is 0 Å². The number of methoxy groups -OCH3 is 1. The zero-order chi connectivity index (χ0) is 26.6. The largest absolute Gasteiger partial charge is 0.497 e. The van der Waals surface area contributed by atoms with Gasteiger partial charge in [0, 0.05) is 22.6 Å². The normalized spacial score (nSPS) is 11.0. The van der Waals surface area contributed by atoms with E-state index in [0.29, 0.717) is 11.3 Å². The smallest absolute Gasteiger partial charge is 0.258 e. The summed E-state index contributed by atoms with van der Waals surface area (Å²) in [6.07, 6.45) is 0. The van der Waals surface area contributed by atoms with E-state index in [1.54, 1.807) is 19.2 Å². The summed E-state index contributed by atoms with van der Waals surface area (Å²) in [6, 6.07) is 33.5. The van der Waals surface area contributed by atoms with Crippen molar-refractivity contribution in [3.8, 4) is 33.8 Å². The quantitative estimate of drug-likeness (QED) is 0.242. The number of halogens is 1. The number of nitrogens with zero attached hydrogens (tertiary/aromatic N) is 1. The molecule has 0 aliphatic carbocycles. The topological polar surface area (TPSA) is 43.3 Å². The highest BCUT2D eigenvalue weighted by Crippen LogP contribution is 2.44. The average Bonchev–Trinajstić information content (AvgIpc) is 3.31. The Hall–Kier alpha value is -4.64. The molecule has 0 saturated carbocycles. The van der Waals surface area contributed by atoms with Crippen LogP contribution >= 0.6 is 0 Å². The zero-order valence-electron chi connectivity index (χ0n) is 21.6. The number of para-hydroxylation sites is 1. The van der Waals surface area contributed by atoms with Crippen molar-refractivity contribution in [3.63, 3.8) is 0 Å². The van der Waals surface area contributed by atoms with Gasteiger partial charge >= 0.3 is 0 Å². The van der Waals surface area contributed by atoms with Crippen LogP contribution in [0.25, 0.3) is 28.1 Å². The summed E-state index contributed by atoms with van der Waals surface area (Å²) >= 11 is 0. The fourth-order valence-corrected chi connectivity index (χ4v) is 4.85. The Morgan fingerprint density at radius 2 is 1.39 bits per heavy atom. The first-order valence-electron chi connectivity index (χ1n) is 12.6. The lowest BCUT2D eigenvalue weighted by Crippen LogP contribution is -2.16. The number of benzene rings is 4. The van der Waals surface area contributed by atoms with Crippen LogP contribution in [0.3, 0.4) is 0 Å². The van der Waals surface area contributed by atoms with Crippen molar-refractivity contribution < 1.29 is 13.9 Å². The van der Waals surface area contributed by atoms with Crippen molar-refractivity contribution in [2.45, 2.75) is 19.8 Å². The molecule has 0 aliphatic rings. The Bertz CT molecular complexity index is 1540. The van der Waals surface area contributed by atoms with Crippen LogP contribution in [-0.2, 0) is 0 Å². The second-order valence-corrected chi connectivity index (χ2v) is 9.37. The molecule has 1 aromatic heterocycles. The number of amides is 1. The van der Waals surface area contributed by atoms with Crippen LogP contribution in [0.1, 0.15) is 35.8 Å². The molecule has 1 N–H and O–H groups in total. The van der Waals surface area contributed by atoms with Gasteiger partial charge in [-0.3, -0.25) is 4.79 Å². The van der Waals surface area contributed by atoms with Crippen LogP contribution in [0, 0.1) is 5.82 Å². The zero-order valence-corrected chi connectivity index (χ0v) is 21.6. The maximum absolute atomic E-state index is 14.1. The second kappa shape index (κ2) is 10.8. The van der Waals surface area contributed by atoms with E-state index >= 15 is 0 Å². The molecular weight excluding hydrogens is 475 g/mol. The molecule has 0 aliphatic heterocycles. The van der Waals surface area contributed by atoms with Gasteiger partial charge in [-0.25, -0.2) is 4.39 Å². The molecule has 0 fully saturated rings. The van der Waals surface area contributed by atoms with E-state index in [0.717, 1.165) is 39.5 Å². The summed E-state index contributed by atoms with van der Waals surface area (Å²) in [5, 5.41) is 3.10. The third kappa shape index (κ3) is 4.83. The van der Waals surface area contributed by atoms with E-state index in [4.69, 9.17) is 4.74 Å². The molecule has 0 spiro atoms. The lowest BCUT2D eigenvalue weighted by atomic mass is 9.94. The highest BCUT2D eigenvalue weighted by molar-refractivity contribution is 6.12. The third-order valence-corrected chi connectivity index (χ3v) is 6.52. The van der Waals surface area contributed by atoms with E-state index < -0.39 is 0 Å². The Morgan fingerprint density at radius 1 is 0.789 bits per heavy atom. The number of carbonyl (C=O) groups is 1. The first-order chi connectivity index (χ1) is 18.5. The molecule has 0 atom stereocenters. The first kappa shape index (κ1) is 25.0. The van der Waals surface area contributed by atoms with Crippen molar-refractivity contribution in [1.82, 2.24) is 4.57 Å². The lowest BCUT2D eigenvalue weighted by Gasteiger charge is -2.18. The highest BCUT2D eigenvalue weighted by Gasteiger charge is 2.31. The number of hydrogen-bond acceptors (Lipinski definition) is 2. The number of ether oxygens (including phenoxy) is 1. The predicted octanol–water partition coefficient (Wildman–Crippen LogP) is 8.33. The van der Waals surface area contributed by atoms with Gasteiger partial charge in [-0.15, -0.1) is 0 Å². The van der Waals surface area contributed by atoms with Gasteiger partial charge in [0.05, 0.1) is 18.4 Å². The minimum absolute atomic E-state index is 0.00899. The molecule has 0 unspecified atom stereocenters. The molecule has 1 amide bonds. The van der Waals surface area contributed by atoms with Crippen molar-refractivity contribution in [2.24, 2.45) is 0 Å². The SMILES string of the molecule is COc1ccc(-n2c(-c3ccc(F)cc3)c(-c3ccccc3)c(C(=O)Nc3ccccc3)c2C(C)C)cc1. The van der Waals surface area contributed by atoms with Crippen molar-refractivity contribution in [3.05, 3.63) is 126 Å². The molecule has 38 heavy (non-hydrogen) atoms. The van der Waals surface area contributed by atoms with E-state index in [1.165, 1.54) is 12.1 Å². The summed E-state index contributed by atoms with van der Waals surface area (Å²) in [7, 11) is 1.63. The Kier molecular flexibility index (Phi) is 7.09. The minimum atomic E-state index is -0.316. The highest BCUT2D eigenvalue weighted by atomic mass is 19.1. The van der Waals surface area contributed by atoms with E-state index in [-0.39, 0.29) is 17.6 Å². The lowest BCUT2D eigenvalue weighted by molar-refractivity contribution is 0.102. The van der Waals surface area contributed by atoms with Crippen LogP contribution in [-0.4, -0.2) is 17.6 Å². The van der Waals surface area contributed by atoms with Crippen LogP contribution in [0.2, 0.25) is 0 Å². The first-order valence-corrected chi connectivity index (χ1v) is 12.6. The van der Waals surface area contributed by atoms with Crippen LogP contribution < -0.4 is 10.1 Å². The Labute approximate surface area is 222 Å². The van der Waals surface area contributed by atoms with Gasteiger partial charge < -0.3 is 14.6 Å². The van der Waals surface area contributed by atoms with E-state index in [1.807, 2.05) is 84.9 Å². The van der Waals surface area contributed by atoms with Gasteiger partial charge in [0.2, 0.25) is 0 Å². The Balaban J connectivity index is 1.88. The Morgan fingerprint density at radius 3 is 1.97 bits per heavy atom. The van der Waals surface area contributed by atoms with Crippen LogP contribution in [0.15, 0.2) is 109 Å². The number of rotatable bonds is 7. The molecule has 4 nitrogen and oxygen atoms in total. The maximum Gasteiger partial charge on any atom is 0.258 e. The number of hydrogen-bond donors (Lipinski definition) is 1. The van der Waals surface area contributed by atoms with Gasteiger partial charge in [0.25, 0.3) is 5.91 Å². The number of aromatic nitrogens is 1. The molecule has 1 heterocycles. The molecule has 0 radical (unpaired) electrons. The molecule has 4 aromatic carbocycles. The maximum atomic E-state index is 14.1. The molecule has 5 rings (SSSR count). The molecule has 190 valence electrons. The summed E-state index contributed by atoms with van der Waals surface area (Å²) in [4.78, 5) is 14.1. The van der Waals surface area contributed by atoms with Gasteiger partial charge in [-0.1, -0.05) is 62.4 Å². The minimum Gasteiger partial charge on any atom is -0.497 e. The summed E-state index contributed by atoms with van der Waals surface area (Å²) in [5.41, 5.74) is 6.37. The monoisotopic (exact) mass is 504 g/mol. The number of carbonyl (C=O) groups excluding carboxylic acids is 1. The molecule has 5 aromatic rings. The number of nitrogens with one attached hydrogen (secondary N) is 1. The van der Waals surface area contributed by atoms with Gasteiger partial charge in [0.1, 0.15) is 11.6 Å². The van der Waals surface area contributed by atoms with Gasteiger partial charge in [-0.05, 0) is 77.7 Å². The molecular formula is C33H29FN2O2. The molecule has 0 saturated heterocycles. The standard InChI is InChI=1S/C33H29FN2O2/c1-22(2)31-30(33(37)35-26-12-8-5-9-13-26)29(23-10-6-4-7-11-23)32(24-14-16-25(34)17-15-24)36(31)27-18-20-28(38-3)21-19-27/h4-22H,1-3H3,(H,35,37). The third-order valence-electron chi connectivity index (χ3n) is 6.52. The van der Waals surface area contributed by atoms with Crippen molar-refractivity contribution in [2.75, 3.05) is 12.4 Å².